The van der Waals surface area contributed by atoms with Gasteiger partial charge in [-0.15, -0.1) is 0 Å². The highest BCUT2D eigenvalue weighted by Crippen LogP contribution is 2.42. The summed E-state index contributed by atoms with van der Waals surface area (Å²) in [5.41, 5.74) is 6.53. The van der Waals surface area contributed by atoms with E-state index in [1.807, 2.05) is 0 Å². The normalized spacial score (nSPS) is 24.2. The summed E-state index contributed by atoms with van der Waals surface area (Å²) in [4.78, 5) is 0. The smallest absolute Gasteiger partial charge is 0.248 e. The fraction of sp³-hybridized carbons (Fsp3) is 0.538. The van der Waals surface area contributed by atoms with Gasteiger partial charge in [-0.25, -0.2) is 13.2 Å². The number of hydrogen-bond acceptors (Lipinski definition) is 1. The van der Waals surface area contributed by atoms with Gasteiger partial charge in [-0.05, 0) is 36.5 Å². The Morgan fingerprint density at radius 2 is 2.17 bits per heavy atom. The van der Waals surface area contributed by atoms with Gasteiger partial charge < -0.3 is 5.73 Å². The van der Waals surface area contributed by atoms with Crippen LogP contribution in [0.15, 0.2) is 18.2 Å². The molecule has 2 rings (SSSR count). The first-order valence-electron chi connectivity index (χ1n) is 5.96. The average Bonchev–Trinajstić information content (AvgIpc) is 2.62. The Morgan fingerprint density at radius 3 is 2.72 bits per heavy atom. The van der Waals surface area contributed by atoms with Crippen molar-refractivity contribution >= 4 is 11.6 Å². The summed E-state index contributed by atoms with van der Waals surface area (Å²) in [7, 11) is 0. The number of halogens is 4. The van der Waals surface area contributed by atoms with Crippen LogP contribution in [-0.2, 0) is 0 Å². The molecule has 2 atom stereocenters. The van der Waals surface area contributed by atoms with Crippen molar-refractivity contribution < 1.29 is 13.2 Å². The topological polar surface area (TPSA) is 26.0 Å². The fourth-order valence-electron chi connectivity index (χ4n) is 2.48. The van der Waals surface area contributed by atoms with Gasteiger partial charge in [0.2, 0.25) is 5.92 Å². The highest BCUT2D eigenvalue weighted by molar-refractivity contribution is 6.30. The summed E-state index contributed by atoms with van der Waals surface area (Å²) in [6, 6.07) is 3.94. The molecule has 1 aromatic rings. The number of rotatable bonds is 3. The lowest BCUT2D eigenvalue weighted by Gasteiger charge is -2.17. The third kappa shape index (κ3) is 3.18. The van der Waals surface area contributed by atoms with Crippen LogP contribution < -0.4 is 5.73 Å². The van der Waals surface area contributed by atoms with Crippen molar-refractivity contribution in [2.75, 3.05) is 0 Å². The highest BCUT2D eigenvalue weighted by Gasteiger charge is 2.39. The van der Waals surface area contributed by atoms with Crippen LogP contribution in [0.25, 0.3) is 0 Å². The standard InChI is InChI=1S/C13H15ClF3N/c14-10-2-1-9(6-11(10)15)12(18)5-8-3-4-13(16,17)7-8/h1-2,6,8,12H,3-5,7,18H2. The van der Waals surface area contributed by atoms with Gasteiger partial charge >= 0.3 is 0 Å². The van der Waals surface area contributed by atoms with E-state index in [1.54, 1.807) is 6.07 Å². The van der Waals surface area contributed by atoms with Crippen LogP contribution in [0, 0.1) is 11.7 Å². The molecule has 0 aliphatic heterocycles. The van der Waals surface area contributed by atoms with Crippen LogP contribution in [0.4, 0.5) is 13.2 Å². The van der Waals surface area contributed by atoms with Gasteiger partial charge in [0.25, 0.3) is 0 Å². The molecule has 1 nitrogen and oxygen atoms in total. The zero-order valence-corrected chi connectivity index (χ0v) is 10.6. The molecule has 0 radical (unpaired) electrons. The van der Waals surface area contributed by atoms with E-state index < -0.39 is 17.8 Å². The SMILES string of the molecule is NC(CC1CCC(F)(F)C1)c1ccc(Cl)c(F)c1. The average molecular weight is 278 g/mol. The van der Waals surface area contributed by atoms with Crippen LogP contribution >= 0.6 is 11.6 Å². The molecule has 1 saturated carbocycles. The van der Waals surface area contributed by atoms with Crippen LogP contribution in [-0.4, -0.2) is 5.92 Å². The Morgan fingerprint density at radius 1 is 1.44 bits per heavy atom. The quantitative estimate of drug-likeness (QED) is 0.876. The molecule has 0 saturated heterocycles. The lowest BCUT2D eigenvalue weighted by atomic mass is 9.94. The van der Waals surface area contributed by atoms with Gasteiger partial charge in [0.1, 0.15) is 5.82 Å². The van der Waals surface area contributed by atoms with E-state index in [0.29, 0.717) is 18.4 Å². The molecule has 100 valence electrons. The first kappa shape index (κ1) is 13.7. The van der Waals surface area contributed by atoms with Crippen molar-refractivity contribution in [3.05, 3.63) is 34.6 Å². The van der Waals surface area contributed by atoms with Gasteiger partial charge in [-0.2, -0.15) is 0 Å². The number of benzene rings is 1. The van der Waals surface area contributed by atoms with Crippen molar-refractivity contribution in [3.63, 3.8) is 0 Å². The van der Waals surface area contributed by atoms with Gasteiger partial charge in [0.15, 0.2) is 0 Å². The number of hydrogen-bond donors (Lipinski definition) is 1. The van der Waals surface area contributed by atoms with Crippen LogP contribution in [0.5, 0.6) is 0 Å². The minimum atomic E-state index is -2.56. The molecule has 2 N–H and O–H groups in total. The first-order valence-corrected chi connectivity index (χ1v) is 6.33. The predicted octanol–water partition coefficient (Wildman–Crippen LogP) is 4.30. The van der Waals surface area contributed by atoms with Gasteiger partial charge in [-0.1, -0.05) is 17.7 Å². The Bertz CT molecular complexity index is 436. The molecule has 0 bridgehead atoms. The third-order valence-electron chi connectivity index (χ3n) is 3.46. The van der Waals surface area contributed by atoms with Crippen molar-refractivity contribution in [1.29, 1.82) is 0 Å². The Labute approximate surface area is 109 Å². The number of alkyl halides is 2. The van der Waals surface area contributed by atoms with E-state index in [2.05, 4.69) is 0 Å². The molecule has 0 spiro atoms. The monoisotopic (exact) mass is 277 g/mol. The van der Waals surface area contributed by atoms with Crippen LogP contribution in [0.1, 0.15) is 37.3 Å². The molecule has 1 fully saturated rings. The molecule has 5 heteroatoms. The summed E-state index contributed by atoms with van der Waals surface area (Å²) in [5, 5.41) is 0.0401. The summed E-state index contributed by atoms with van der Waals surface area (Å²) >= 11 is 5.58. The van der Waals surface area contributed by atoms with Gasteiger partial charge in [-0.3, -0.25) is 0 Å². The Balaban J connectivity index is 1.99. The van der Waals surface area contributed by atoms with Crippen molar-refractivity contribution in [3.8, 4) is 0 Å². The van der Waals surface area contributed by atoms with E-state index in [1.165, 1.54) is 12.1 Å². The second kappa shape index (κ2) is 5.10. The van der Waals surface area contributed by atoms with Crippen molar-refractivity contribution in [1.82, 2.24) is 0 Å². The third-order valence-corrected chi connectivity index (χ3v) is 3.77. The van der Waals surface area contributed by atoms with E-state index in [0.717, 1.165) is 0 Å². The molecule has 2 unspecified atom stereocenters. The molecule has 1 aliphatic rings. The second-order valence-electron chi connectivity index (χ2n) is 4.98. The molecule has 0 heterocycles. The maximum absolute atomic E-state index is 13.3. The Hall–Kier alpha value is -0.740. The molecular weight excluding hydrogens is 263 g/mol. The second-order valence-corrected chi connectivity index (χ2v) is 5.39. The molecule has 1 aliphatic carbocycles. The first-order chi connectivity index (χ1) is 8.37. The van der Waals surface area contributed by atoms with E-state index in [9.17, 15) is 13.2 Å². The Kier molecular flexibility index (Phi) is 3.87. The van der Waals surface area contributed by atoms with Crippen molar-refractivity contribution in [2.24, 2.45) is 11.7 Å². The maximum Gasteiger partial charge on any atom is 0.248 e. The largest absolute Gasteiger partial charge is 0.324 e. The summed E-state index contributed by atoms with van der Waals surface area (Å²) in [6.07, 6.45) is 0.754. The number of nitrogens with two attached hydrogens (primary N) is 1. The van der Waals surface area contributed by atoms with Gasteiger partial charge in [0.05, 0.1) is 5.02 Å². The van der Waals surface area contributed by atoms with E-state index >= 15 is 0 Å². The molecule has 1 aromatic carbocycles. The fourth-order valence-corrected chi connectivity index (χ4v) is 2.60. The molecule has 0 aromatic heterocycles. The van der Waals surface area contributed by atoms with Crippen molar-refractivity contribution in [2.45, 2.75) is 37.6 Å². The summed E-state index contributed by atoms with van der Waals surface area (Å²) in [6.45, 7) is 0. The molecular formula is C13H15ClF3N. The minimum absolute atomic E-state index is 0.0401. The predicted molar refractivity (Wildman–Crippen MR) is 65.2 cm³/mol. The summed E-state index contributed by atoms with van der Waals surface area (Å²) < 4.78 is 39.4. The summed E-state index contributed by atoms with van der Waals surface area (Å²) in [5.74, 6) is -3.18. The molecule has 0 amide bonds. The van der Waals surface area contributed by atoms with E-state index in [4.69, 9.17) is 17.3 Å². The lowest BCUT2D eigenvalue weighted by Crippen LogP contribution is -2.16. The van der Waals surface area contributed by atoms with E-state index in [-0.39, 0.29) is 23.8 Å². The lowest BCUT2D eigenvalue weighted by molar-refractivity contribution is 0.00446. The van der Waals surface area contributed by atoms with Crippen LogP contribution in [0.2, 0.25) is 5.02 Å². The zero-order chi connectivity index (χ0) is 13.3. The maximum atomic E-state index is 13.3. The highest BCUT2D eigenvalue weighted by atomic mass is 35.5. The van der Waals surface area contributed by atoms with Crippen LogP contribution in [0.3, 0.4) is 0 Å². The molecule has 18 heavy (non-hydrogen) atoms. The van der Waals surface area contributed by atoms with Gasteiger partial charge in [0, 0.05) is 18.9 Å². The minimum Gasteiger partial charge on any atom is -0.324 e. The zero-order valence-electron chi connectivity index (χ0n) is 9.80.